The van der Waals surface area contributed by atoms with Gasteiger partial charge in [-0.1, -0.05) is 12.1 Å². The molecule has 0 saturated carbocycles. The third-order valence-corrected chi connectivity index (χ3v) is 4.55. The number of halogens is 3. The Hall–Kier alpha value is -1.80. The van der Waals surface area contributed by atoms with E-state index in [4.69, 9.17) is 9.47 Å². The van der Waals surface area contributed by atoms with E-state index >= 15 is 0 Å². The number of ether oxygens (including phenoxy) is 2. The van der Waals surface area contributed by atoms with Crippen molar-refractivity contribution in [3.63, 3.8) is 0 Å². The second-order valence-electron chi connectivity index (χ2n) is 6.32. The van der Waals surface area contributed by atoms with Crippen molar-refractivity contribution in [1.82, 2.24) is 9.80 Å². The fraction of sp³-hybridized carbons (Fsp3) is 0.611. The van der Waals surface area contributed by atoms with E-state index in [1.807, 2.05) is 6.92 Å². The van der Waals surface area contributed by atoms with Crippen LogP contribution in [-0.4, -0.2) is 61.9 Å². The van der Waals surface area contributed by atoms with Crippen molar-refractivity contribution in [1.29, 1.82) is 0 Å². The van der Waals surface area contributed by atoms with Crippen molar-refractivity contribution in [3.05, 3.63) is 35.4 Å². The fourth-order valence-corrected chi connectivity index (χ4v) is 3.25. The van der Waals surface area contributed by atoms with Gasteiger partial charge in [-0.2, -0.15) is 13.2 Å². The lowest BCUT2D eigenvalue weighted by atomic mass is 10.0. The lowest BCUT2D eigenvalue weighted by Gasteiger charge is -2.43. The fourth-order valence-electron chi connectivity index (χ4n) is 3.25. The van der Waals surface area contributed by atoms with Crippen LogP contribution < -0.4 is 0 Å². The molecule has 2 rings (SSSR count). The Labute approximate surface area is 151 Å². The molecule has 1 aromatic rings. The summed E-state index contributed by atoms with van der Waals surface area (Å²) in [5.74, 6) is 0. The van der Waals surface area contributed by atoms with Crippen molar-refractivity contribution in [3.8, 4) is 0 Å². The van der Waals surface area contributed by atoms with Crippen LogP contribution in [0.25, 0.3) is 0 Å². The maximum absolute atomic E-state index is 12.8. The Morgan fingerprint density at radius 1 is 1.27 bits per heavy atom. The Bertz CT molecular complexity index is 592. The molecule has 0 aliphatic carbocycles. The van der Waals surface area contributed by atoms with E-state index in [1.165, 1.54) is 12.1 Å². The molecule has 0 bridgehead atoms. The maximum Gasteiger partial charge on any atom is 0.416 e. The molecule has 2 atom stereocenters. The van der Waals surface area contributed by atoms with Crippen LogP contribution in [-0.2, 0) is 15.7 Å². The molecular weight excluding hydrogens is 349 g/mol. The Kier molecular flexibility index (Phi) is 6.88. The summed E-state index contributed by atoms with van der Waals surface area (Å²) in [7, 11) is 1.57. The summed E-state index contributed by atoms with van der Waals surface area (Å²) in [5, 5.41) is 0. The van der Waals surface area contributed by atoms with Crippen LogP contribution in [0.5, 0.6) is 0 Å². The van der Waals surface area contributed by atoms with Gasteiger partial charge >= 0.3 is 12.3 Å². The minimum Gasteiger partial charge on any atom is -0.450 e. The van der Waals surface area contributed by atoms with Gasteiger partial charge in [0.1, 0.15) is 0 Å². The smallest absolute Gasteiger partial charge is 0.416 e. The number of carbonyl (C=O) groups excluding carboxylic acids is 1. The number of benzene rings is 1. The second kappa shape index (κ2) is 8.73. The van der Waals surface area contributed by atoms with Gasteiger partial charge in [0.15, 0.2) is 0 Å². The minimum atomic E-state index is -4.35. The average molecular weight is 374 g/mol. The summed E-state index contributed by atoms with van der Waals surface area (Å²) in [5.41, 5.74) is 0.0916. The van der Waals surface area contributed by atoms with Gasteiger partial charge in [-0.15, -0.1) is 0 Å². The first-order valence-electron chi connectivity index (χ1n) is 8.61. The zero-order valence-electron chi connectivity index (χ0n) is 15.3. The molecule has 1 aliphatic rings. The van der Waals surface area contributed by atoms with Gasteiger partial charge in [-0.3, -0.25) is 4.90 Å². The van der Waals surface area contributed by atoms with Crippen LogP contribution in [0.4, 0.5) is 18.0 Å². The molecule has 0 aromatic heterocycles. The summed E-state index contributed by atoms with van der Waals surface area (Å²) in [6.07, 6.45) is -4.69. The highest BCUT2D eigenvalue weighted by atomic mass is 19.4. The number of alkyl halides is 3. The van der Waals surface area contributed by atoms with Crippen molar-refractivity contribution < 1.29 is 27.4 Å². The SMILES string of the molecule is CCOC(=O)N1CCN([C@@H](COC)c2ccc(C(F)(F)F)cc2)C(C)C1. The quantitative estimate of drug-likeness (QED) is 0.790. The highest BCUT2D eigenvalue weighted by molar-refractivity contribution is 5.67. The molecule has 1 heterocycles. The number of nitrogens with zero attached hydrogens (tertiary/aromatic N) is 2. The summed E-state index contributed by atoms with van der Waals surface area (Å²) >= 11 is 0. The summed E-state index contributed by atoms with van der Waals surface area (Å²) in [6.45, 7) is 6.02. The topological polar surface area (TPSA) is 42.0 Å². The number of methoxy groups -OCH3 is 1. The Balaban J connectivity index is 2.13. The van der Waals surface area contributed by atoms with Crippen molar-refractivity contribution in [2.75, 3.05) is 40.0 Å². The zero-order valence-corrected chi connectivity index (χ0v) is 15.3. The molecule has 1 amide bonds. The van der Waals surface area contributed by atoms with Crippen molar-refractivity contribution >= 4 is 6.09 Å². The lowest BCUT2D eigenvalue weighted by molar-refractivity contribution is -0.137. The molecule has 1 saturated heterocycles. The lowest BCUT2D eigenvalue weighted by Crippen LogP contribution is -2.55. The molecule has 1 aliphatic heterocycles. The van der Waals surface area contributed by atoms with Gasteiger partial charge in [0, 0.05) is 32.8 Å². The van der Waals surface area contributed by atoms with Crippen LogP contribution in [0, 0.1) is 0 Å². The van der Waals surface area contributed by atoms with E-state index in [9.17, 15) is 18.0 Å². The van der Waals surface area contributed by atoms with E-state index in [0.717, 1.165) is 17.7 Å². The minimum absolute atomic E-state index is 0.0237. The molecular formula is C18H25F3N2O3. The van der Waals surface area contributed by atoms with Crippen LogP contribution >= 0.6 is 0 Å². The summed E-state index contributed by atoms with van der Waals surface area (Å²) in [6, 6.07) is 5.03. The molecule has 1 unspecified atom stereocenters. The number of carbonyl (C=O) groups is 1. The molecule has 1 aromatic carbocycles. The van der Waals surface area contributed by atoms with Crippen molar-refractivity contribution in [2.45, 2.75) is 32.1 Å². The number of hydrogen-bond donors (Lipinski definition) is 0. The Morgan fingerprint density at radius 2 is 1.92 bits per heavy atom. The number of rotatable bonds is 5. The molecule has 0 spiro atoms. The highest BCUT2D eigenvalue weighted by Crippen LogP contribution is 2.32. The molecule has 8 heteroatoms. The number of hydrogen-bond acceptors (Lipinski definition) is 4. The van der Waals surface area contributed by atoms with Crippen LogP contribution in [0.3, 0.4) is 0 Å². The van der Waals surface area contributed by atoms with Gasteiger partial charge in [0.05, 0.1) is 24.8 Å². The normalized spacial score (nSPS) is 20.1. The van der Waals surface area contributed by atoms with Crippen LogP contribution in [0.15, 0.2) is 24.3 Å². The third kappa shape index (κ3) is 4.88. The largest absolute Gasteiger partial charge is 0.450 e. The summed E-state index contributed by atoms with van der Waals surface area (Å²) < 4.78 is 48.7. The maximum atomic E-state index is 12.8. The van der Waals surface area contributed by atoms with Crippen LogP contribution in [0.1, 0.15) is 31.0 Å². The predicted octanol–water partition coefficient (Wildman–Crippen LogP) is 3.56. The summed E-state index contributed by atoms with van der Waals surface area (Å²) in [4.78, 5) is 15.7. The standard InChI is InChI=1S/C18H25F3N2O3/c1-4-26-17(24)22-9-10-23(13(2)11-22)16(12-25-3)14-5-7-15(8-6-14)18(19,20)21/h5-8,13,16H,4,9-12H2,1-3H3/t13?,16-/m0/s1. The van der Waals surface area contributed by atoms with Gasteiger partial charge in [-0.05, 0) is 31.5 Å². The first kappa shape index (κ1) is 20.5. The molecule has 146 valence electrons. The highest BCUT2D eigenvalue weighted by Gasteiger charge is 2.34. The zero-order chi connectivity index (χ0) is 19.3. The molecule has 0 N–H and O–H groups in total. The molecule has 0 radical (unpaired) electrons. The van der Waals surface area contributed by atoms with Gasteiger partial charge in [-0.25, -0.2) is 4.79 Å². The van der Waals surface area contributed by atoms with E-state index in [-0.39, 0.29) is 18.2 Å². The van der Waals surface area contributed by atoms with E-state index < -0.39 is 11.7 Å². The van der Waals surface area contributed by atoms with E-state index in [0.29, 0.717) is 32.8 Å². The van der Waals surface area contributed by atoms with Gasteiger partial charge in [0.25, 0.3) is 0 Å². The molecule has 5 nitrogen and oxygen atoms in total. The molecule has 26 heavy (non-hydrogen) atoms. The number of amides is 1. The predicted molar refractivity (Wildman–Crippen MR) is 90.8 cm³/mol. The van der Waals surface area contributed by atoms with E-state index in [1.54, 1.807) is 18.9 Å². The first-order chi connectivity index (χ1) is 12.3. The van der Waals surface area contributed by atoms with Crippen LogP contribution in [0.2, 0.25) is 0 Å². The first-order valence-corrected chi connectivity index (χ1v) is 8.61. The monoisotopic (exact) mass is 374 g/mol. The van der Waals surface area contributed by atoms with Crippen molar-refractivity contribution in [2.24, 2.45) is 0 Å². The van der Waals surface area contributed by atoms with Gasteiger partial charge < -0.3 is 14.4 Å². The average Bonchev–Trinajstić information content (AvgIpc) is 2.59. The Morgan fingerprint density at radius 3 is 2.42 bits per heavy atom. The van der Waals surface area contributed by atoms with E-state index in [2.05, 4.69) is 4.90 Å². The number of piperazine rings is 1. The second-order valence-corrected chi connectivity index (χ2v) is 6.32. The van der Waals surface area contributed by atoms with Gasteiger partial charge in [0.2, 0.25) is 0 Å². The third-order valence-electron chi connectivity index (χ3n) is 4.55. The molecule has 1 fully saturated rings.